The lowest BCUT2D eigenvalue weighted by atomic mass is 9.98. The van der Waals surface area contributed by atoms with E-state index in [0.29, 0.717) is 6.04 Å². The van der Waals surface area contributed by atoms with Gasteiger partial charge >= 0.3 is 0 Å². The molecule has 0 saturated carbocycles. The molecule has 0 N–H and O–H groups in total. The van der Waals surface area contributed by atoms with E-state index in [0.717, 1.165) is 45.0 Å². The first kappa shape index (κ1) is 18.1. The maximum atomic E-state index is 4.96. The van der Waals surface area contributed by atoms with Crippen LogP contribution in [-0.2, 0) is 19.5 Å². The predicted molar refractivity (Wildman–Crippen MR) is 112 cm³/mol. The molecule has 5 nitrogen and oxygen atoms in total. The van der Waals surface area contributed by atoms with E-state index >= 15 is 0 Å². The average molecular weight is 378 g/mol. The van der Waals surface area contributed by atoms with E-state index in [1.165, 1.54) is 55.0 Å². The standard InChI is InChI=1S/C23H31N5/c1-18-24-22-10-12-26(15-19-7-3-2-4-8-19)17-21(22)23(25-18)28-14-13-27-11-6-5-9-20(27)16-28/h2-4,7-8,20H,5-6,9-17H2,1H3/t20-/m1/s1. The number of aromatic nitrogens is 2. The second-order valence-corrected chi connectivity index (χ2v) is 8.60. The van der Waals surface area contributed by atoms with Gasteiger partial charge in [0.15, 0.2) is 0 Å². The SMILES string of the molecule is Cc1nc2c(c(N3CCN4CCCC[C@@H]4C3)n1)CN(Cc1ccccc1)CC2. The molecule has 3 aliphatic heterocycles. The van der Waals surface area contributed by atoms with E-state index in [1.54, 1.807) is 0 Å². The van der Waals surface area contributed by atoms with Gasteiger partial charge in [-0.2, -0.15) is 0 Å². The molecule has 0 aliphatic carbocycles. The van der Waals surface area contributed by atoms with Crippen molar-refractivity contribution in [1.82, 2.24) is 19.8 Å². The molecule has 2 aromatic rings. The smallest absolute Gasteiger partial charge is 0.137 e. The number of benzene rings is 1. The molecule has 2 fully saturated rings. The molecule has 148 valence electrons. The molecule has 2 saturated heterocycles. The summed E-state index contributed by atoms with van der Waals surface area (Å²) < 4.78 is 0. The number of piperazine rings is 1. The lowest BCUT2D eigenvalue weighted by Crippen LogP contribution is -2.55. The van der Waals surface area contributed by atoms with Gasteiger partial charge in [0.25, 0.3) is 0 Å². The summed E-state index contributed by atoms with van der Waals surface area (Å²) in [6, 6.07) is 11.5. The van der Waals surface area contributed by atoms with E-state index in [2.05, 4.69) is 52.0 Å². The van der Waals surface area contributed by atoms with Crippen LogP contribution in [0.3, 0.4) is 0 Å². The Labute approximate surface area is 168 Å². The van der Waals surface area contributed by atoms with Crippen molar-refractivity contribution in [3.05, 3.63) is 53.0 Å². The summed E-state index contributed by atoms with van der Waals surface area (Å²) in [6.07, 6.45) is 5.11. The summed E-state index contributed by atoms with van der Waals surface area (Å²) in [7, 11) is 0. The topological polar surface area (TPSA) is 35.5 Å². The summed E-state index contributed by atoms with van der Waals surface area (Å²) in [6.45, 7) is 9.78. The molecule has 0 bridgehead atoms. The Morgan fingerprint density at radius 3 is 2.79 bits per heavy atom. The molecule has 0 radical (unpaired) electrons. The number of anilines is 1. The van der Waals surface area contributed by atoms with Gasteiger partial charge in [-0.15, -0.1) is 0 Å². The highest BCUT2D eigenvalue weighted by Gasteiger charge is 2.32. The summed E-state index contributed by atoms with van der Waals surface area (Å²) in [4.78, 5) is 17.6. The van der Waals surface area contributed by atoms with E-state index in [1.807, 2.05) is 0 Å². The highest BCUT2D eigenvalue weighted by molar-refractivity contribution is 5.51. The van der Waals surface area contributed by atoms with Gasteiger partial charge in [0.2, 0.25) is 0 Å². The maximum absolute atomic E-state index is 4.96. The Kier molecular flexibility index (Phi) is 5.03. The molecular weight excluding hydrogens is 346 g/mol. The van der Waals surface area contributed by atoms with Crippen molar-refractivity contribution in [3.8, 4) is 0 Å². The van der Waals surface area contributed by atoms with Gasteiger partial charge in [0, 0.05) is 57.3 Å². The van der Waals surface area contributed by atoms with Gasteiger partial charge in [-0.25, -0.2) is 9.97 Å². The first-order valence-corrected chi connectivity index (χ1v) is 10.9. The van der Waals surface area contributed by atoms with Crippen LogP contribution in [0.5, 0.6) is 0 Å². The summed E-state index contributed by atoms with van der Waals surface area (Å²) in [5, 5.41) is 0. The normalized spacial score (nSPS) is 23.3. The van der Waals surface area contributed by atoms with Crippen molar-refractivity contribution >= 4 is 5.82 Å². The van der Waals surface area contributed by atoms with Gasteiger partial charge in [-0.05, 0) is 31.9 Å². The predicted octanol–water partition coefficient (Wildman–Crippen LogP) is 3.02. The van der Waals surface area contributed by atoms with Crippen molar-refractivity contribution in [3.63, 3.8) is 0 Å². The first-order valence-electron chi connectivity index (χ1n) is 10.9. The highest BCUT2D eigenvalue weighted by Crippen LogP contribution is 2.30. The Morgan fingerprint density at radius 2 is 1.89 bits per heavy atom. The highest BCUT2D eigenvalue weighted by atomic mass is 15.3. The number of piperidine rings is 1. The minimum absolute atomic E-state index is 0.706. The van der Waals surface area contributed by atoms with Crippen LogP contribution in [0.4, 0.5) is 5.82 Å². The number of hydrogen-bond acceptors (Lipinski definition) is 5. The number of rotatable bonds is 3. The molecular formula is C23H31N5. The fourth-order valence-electron chi connectivity index (χ4n) is 5.16. The van der Waals surface area contributed by atoms with E-state index < -0.39 is 0 Å². The molecule has 0 unspecified atom stereocenters. The second-order valence-electron chi connectivity index (χ2n) is 8.60. The molecule has 1 atom stereocenters. The fourth-order valence-corrected chi connectivity index (χ4v) is 5.16. The molecule has 5 heteroatoms. The number of nitrogens with zero attached hydrogens (tertiary/aromatic N) is 5. The molecule has 5 rings (SSSR count). The zero-order chi connectivity index (χ0) is 18.9. The van der Waals surface area contributed by atoms with Crippen molar-refractivity contribution < 1.29 is 0 Å². The van der Waals surface area contributed by atoms with Crippen LogP contribution in [0.15, 0.2) is 30.3 Å². The Morgan fingerprint density at radius 1 is 1.00 bits per heavy atom. The minimum atomic E-state index is 0.706. The molecule has 1 aromatic carbocycles. The monoisotopic (exact) mass is 377 g/mol. The average Bonchev–Trinajstić information content (AvgIpc) is 2.74. The van der Waals surface area contributed by atoms with Crippen LogP contribution in [0.1, 0.15) is 41.9 Å². The Hall–Kier alpha value is -1.98. The lowest BCUT2D eigenvalue weighted by Gasteiger charge is -2.45. The number of fused-ring (bicyclic) bond motifs is 2. The molecule has 1 aromatic heterocycles. The van der Waals surface area contributed by atoms with Gasteiger partial charge in [-0.3, -0.25) is 9.80 Å². The van der Waals surface area contributed by atoms with Crippen LogP contribution >= 0.6 is 0 Å². The van der Waals surface area contributed by atoms with E-state index in [9.17, 15) is 0 Å². The molecule has 28 heavy (non-hydrogen) atoms. The van der Waals surface area contributed by atoms with Crippen LogP contribution in [0.25, 0.3) is 0 Å². The zero-order valence-corrected chi connectivity index (χ0v) is 17.0. The van der Waals surface area contributed by atoms with E-state index in [-0.39, 0.29) is 0 Å². The Bertz CT molecular complexity index is 821. The van der Waals surface area contributed by atoms with Crippen molar-refractivity contribution in [2.75, 3.05) is 37.6 Å². The summed E-state index contributed by atoms with van der Waals surface area (Å²) in [5.74, 6) is 2.14. The number of aryl methyl sites for hydroxylation is 1. The minimum Gasteiger partial charge on any atom is -0.353 e. The molecule has 0 amide bonds. The summed E-state index contributed by atoms with van der Waals surface area (Å²) >= 11 is 0. The van der Waals surface area contributed by atoms with Crippen LogP contribution in [0, 0.1) is 6.92 Å². The van der Waals surface area contributed by atoms with Crippen molar-refractivity contribution in [2.45, 2.75) is 51.7 Å². The molecule has 3 aliphatic rings. The third kappa shape index (κ3) is 3.65. The first-order chi connectivity index (χ1) is 13.8. The fraction of sp³-hybridized carbons (Fsp3) is 0.565. The van der Waals surface area contributed by atoms with Crippen molar-refractivity contribution in [2.24, 2.45) is 0 Å². The molecule has 0 spiro atoms. The van der Waals surface area contributed by atoms with Gasteiger partial charge in [0.05, 0.1) is 5.69 Å². The van der Waals surface area contributed by atoms with Gasteiger partial charge in [0.1, 0.15) is 11.6 Å². The van der Waals surface area contributed by atoms with E-state index in [4.69, 9.17) is 9.97 Å². The lowest BCUT2D eigenvalue weighted by molar-refractivity contribution is 0.133. The molecule has 4 heterocycles. The van der Waals surface area contributed by atoms with Crippen LogP contribution in [-0.4, -0.2) is 58.5 Å². The van der Waals surface area contributed by atoms with Gasteiger partial charge in [-0.1, -0.05) is 36.8 Å². The largest absolute Gasteiger partial charge is 0.353 e. The Balaban J connectivity index is 1.38. The van der Waals surface area contributed by atoms with Gasteiger partial charge < -0.3 is 4.90 Å². The summed E-state index contributed by atoms with van der Waals surface area (Å²) in [5.41, 5.74) is 4.03. The number of hydrogen-bond donors (Lipinski definition) is 0. The quantitative estimate of drug-likeness (QED) is 0.822. The third-order valence-electron chi connectivity index (χ3n) is 6.62. The van der Waals surface area contributed by atoms with Crippen LogP contribution in [0.2, 0.25) is 0 Å². The zero-order valence-electron chi connectivity index (χ0n) is 17.0. The second kappa shape index (κ2) is 7.80. The third-order valence-corrected chi connectivity index (χ3v) is 6.62. The van der Waals surface area contributed by atoms with Crippen LogP contribution < -0.4 is 4.90 Å². The van der Waals surface area contributed by atoms with Crippen molar-refractivity contribution in [1.29, 1.82) is 0 Å². The maximum Gasteiger partial charge on any atom is 0.137 e.